The number of hydrogen-bond donors (Lipinski definition) is 1. The zero-order chi connectivity index (χ0) is 13.5. The van der Waals surface area contributed by atoms with Gasteiger partial charge in [-0.3, -0.25) is 4.90 Å². The highest BCUT2D eigenvalue weighted by Gasteiger charge is 2.24. The van der Waals surface area contributed by atoms with Crippen LogP contribution in [-0.2, 0) is 0 Å². The number of rotatable bonds is 6. The summed E-state index contributed by atoms with van der Waals surface area (Å²) in [6, 6.07) is 0.758. The van der Waals surface area contributed by atoms with E-state index in [0.717, 1.165) is 17.9 Å². The molecule has 2 aliphatic rings. The molecular weight excluding hydrogens is 232 g/mol. The molecule has 2 fully saturated rings. The summed E-state index contributed by atoms with van der Waals surface area (Å²) in [6.45, 7) is 9.89. The summed E-state index contributed by atoms with van der Waals surface area (Å²) in [7, 11) is 0. The lowest BCUT2D eigenvalue weighted by Crippen LogP contribution is -2.45. The predicted molar refractivity (Wildman–Crippen MR) is 83.5 cm³/mol. The fourth-order valence-corrected chi connectivity index (χ4v) is 3.86. The normalized spacial score (nSPS) is 24.8. The third-order valence-electron chi connectivity index (χ3n) is 5.14. The van der Waals surface area contributed by atoms with E-state index in [0.29, 0.717) is 0 Å². The van der Waals surface area contributed by atoms with Crippen molar-refractivity contribution in [1.82, 2.24) is 10.2 Å². The highest BCUT2D eigenvalue weighted by Crippen LogP contribution is 2.22. The summed E-state index contributed by atoms with van der Waals surface area (Å²) >= 11 is 0. The molecule has 112 valence electrons. The lowest BCUT2D eigenvalue weighted by molar-refractivity contribution is 0.184. The van der Waals surface area contributed by atoms with E-state index in [-0.39, 0.29) is 0 Å². The van der Waals surface area contributed by atoms with Crippen molar-refractivity contribution in [1.29, 1.82) is 0 Å². The van der Waals surface area contributed by atoms with Crippen LogP contribution in [0.5, 0.6) is 0 Å². The van der Waals surface area contributed by atoms with Crippen LogP contribution in [0.2, 0.25) is 0 Å². The maximum Gasteiger partial charge on any atom is 0.0243 e. The predicted octanol–water partition coefficient (Wildman–Crippen LogP) is 3.67. The van der Waals surface area contributed by atoms with Crippen LogP contribution >= 0.6 is 0 Å². The van der Waals surface area contributed by atoms with Crippen LogP contribution < -0.4 is 5.32 Å². The number of hydrogen-bond acceptors (Lipinski definition) is 2. The molecule has 2 rings (SSSR count). The minimum absolute atomic E-state index is 0.758. The minimum atomic E-state index is 0.758. The van der Waals surface area contributed by atoms with Crippen molar-refractivity contribution in [3.05, 3.63) is 0 Å². The van der Waals surface area contributed by atoms with Crippen LogP contribution in [0.25, 0.3) is 0 Å². The van der Waals surface area contributed by atoms with Gasteiger partial charge in [-0.1, -0.05) is 39.5 Å². The lowest BCUT2D eigenvalue weighted by atomic mass is 9.99. The highest BCUT2D eigenvalue weighted by atomic mass is 15.2. The van der Waals surface area contributed by atoms with Crippen molar-refractivity contribution >= 4 is 0 Å². The molecule has 0 aromatic rings. The Morgan fingerprint density at radius 1 is 0.947 bits per heavy atom. The molecule has 1 atom stereocenters. The third kappa shape index (κ3) is 5.07. The molecule has 1 saturated carbocycles. The van der Waals surface area contributed by atoms with Gasteiger partial charge in [-0.2, -0.15) is 0 Å². The first kappa shape index (κ1) is 15.3. The Labute approximate surface area is 120 Å². The fraction of sp³-hybridized carbons (Fsp3) is 1.00. The van der Waals surface area contributed by atoms with Crippen molar-refractivity contribution < 1.29 is 0 Å². The van der Waals surface area contributed by atoms with Crippen LogP contribution in [0, 0.1) is 11.8 Å². The van der Waals surface area contributed by atoms with Gasteiger partial charge in [0.15, 0.2) is 0 Å². The van der Waals surface area contributed by atoms with Crippen LogP contribution in [0.3, 0.4) is 0 Å². The van der Waals surface area contributed by atoms with Crippen molar-refractivity contribution in [3.8, 4) is 0 Å². The van der Waals surface area contributed by atoms with Crippen LogP contribution in [0.1, 0.15) is 65.2 Å². The molecule has 1 unspecified atom stereocenters. The molecule has 0 bridgehead atoms. The van der Waals surface area contributed by atoms with E-state index in [9.17, 15) is 0 Å². The molecule has 1 N–H and O–H groups in total. The van der Waals surface area contributed by atoms with E-state index < -0.39 is 0 Å². The monoisotopic (exact) mass is 266 g/mol. The molecule has 1 saturated heterocycles. The van der Waals surface area contributed by atoms with Gasteiger partial charge < -0.3 is 5.32 Å². The van der Waals surface area contributed by atoms with Crippen molar-refractivity contribution in [2.24, 2.45) is 11.8 Å². The molecule has 0 aromatic carbocycles. The van der Waals surface area contributed by atoms with E-state index in [4.69, 9.17) is 0 Å². The Hall–Kier alpha value is -0.0800. The standard InChI is InChI=1S/C17H34N2/c1-15(2)17(19-11-7-8-12-19)14-18-13-16-9-5-3-4-6-10-16/h15-18H,3-14H2,1-2H3. The summed E-state index contributed by atoms with van der Waals surface area (Å²) in [5.74, 6) is 1.73. The van der Waals surface area contributed by atoms with Gasteiger partial charge in [0.2, 0.25) is 0 Å². The second-order valence-corrected chi connectivity index (χ2v) is 7.07. The summed E-state index contributed by atoms with van der Waals surface area (Å²) in [4.78, 5) is 2.71. The molecule has 0 spiro atoms. The first-order valence-corrected chi connectivity index (χ1v) is 8.72. The van der Waals surface area contributed by atoms with E-state index in [1.165, 1.54) is 77.5 Å². The quantitative estimate of drug-likeness (QED) is 0.738. The topological polar surface area (TPSA) is 15.3 Å². The van der Waals surface area contributed by atoms with E-state index in [1.54, 1.807) is 0 Å². The second-order valence-electron chi connectivity index (χ2n) is 7.07. The second kappa shape index (κ2) is 8.26. The van der Waals surface area contributed by atoms with Gasteiger partial charge in [-0.05, 0) is 57.2 Å². The van der Waals surface area contributed by atoms with Gasteiger partial charge in [-0.25, -0.2) is 0 Å². The SMILES string of the molecule is CC(C)C(CNCC1CCCCCC1)N1CCCC1. The van der Waals surface area contributed by atoms with Gasteiger partial charge in [-0.15, -0.1) is 0 Å². The maximum absolute atomic E-state index is 3.80. The lowest BCUT2D eigenvalue weighted by Gasteiger charge is -2.31. The molecule has 0 amide bonds. The van der Waals surface area contributed by atoms with Crippen molar-refractivity contribution in [3.63, 3.8) is 0 Å². The molecule has 1 aliphatic carbocycles. The summed E-state index contributed by atoms with van der Waals surface area (Å²) in [6.07, 6.45) is 11.6. The molecule has 0 aromatic heterocycles. The smallest absolute Gasteiger partial charge is 0.0243 e. The van der Waals surface area contributed by atoms with Gasteiger partial charge in [0.25, 0.3) is 0 Å². The Morgan fingerprint density at radius 2 is 1.58 bits per heavy atom. The first-order valence-electron chi connectivity index (χ1n) is 8.72. The van der Waals surface area contributed by atoms with Gasteiger partial charge >= 0.3 is 0 Å². The van der Waals surface area contributed by atoms with Gasteiger partial charge in [0, 0.05) is 12.6 Å². The summed E-state index contributed by atoms with van der Waals surface area (Å²) in [5.41, 5.74) is 0. The van der Waals surface area contributed by atoms with Crippen LogP contribution in [-0.4, -0.2) is 37.1 Å². The Bertz CT molecular complexity index is 225. The summed E-state index contributed by atoms with van der Waals surface area (Å²) in [5, 5.41) is 3.80. The Balaban J connectivity index is 1.69. The van der Waals surface area contributed by atoms with E-state index in [2.05, 4.69) is 24.1 Å². The Morgan fingerprint density at radius 3 is 2.16 bits per heavy atom. The average molecular weight is 266 g/mol. The molecule has 1 aliphatic heterocycles. The highest BCUT2D eigenvalue weighted by molar-refractivity contribution is 4.81. The zero-order valence-corrected chi connectivity index (χ0v) is 13.2. The van der Waals surface area contributed by atoms with Crippen LogP contribution in [0.15, 0.2) is 0 Å². The number of nitrogens with zero attached hydrogens (tertiary/aromatic N) is 1. The minimum Gasteiger partial charge on any atom is -0.315 e. The van der Waals surface area contributed by atoms with Gasteiger partial charge in [0.1, 0.15) is 0 Å². The maximum atomic E-state index is 3.80. The number of likely N-dealkylation sites (tertiary alicyclic amines) is 1. The largest absolute Gasteiger partial charge is 0.315 e. The molecule has 2 heteroatoms. The Kier molecular flexibility index (Phi) is 6.66. The van der Waals surface area contributed by atoms with Gasteiger partial charge in [0.05, 0.1) is 0 Å². The molecular formula is C17H34N2. The fourth-order valence-electron chi connectivity index (χ4n) is 3.86. The first-order chi connectivity index (χ1) is 9.27. The van der Waals surface area contributed by atoms with E-state index >= 15 is 0 Å². The molecule has 19 heavy (non-hydrogen) atoms. The average Bonchev–Trinajstić information content (AvgIpc) is 2.78. The number of nitrogens with one attached hydrogen (secondary N) is 1. The molecule has 2 nitrogen and oxygen atoms in total. The van der Waals surface area contributed by atoms with Crippen molar-refractivity contribution in [2.45, 2.75) is 71.3 Å². The van der Waals surface area contributed by atoms with E-state index in [1.807, 2.05) is 0 Å². The summed E-state index contributed by atoms with van der Waals surface area (Å²) < 4.78 is 0. The molecule has 0 radical (unpaired) electrons. The van der Waals surface area contributed by atoms with Crippen LogP contribution in [0.4, 0.5) is 0 Å². The third-order valence-corrected chi connectivity index (χ3v) is 5.14. The zero-order valence-electron chi connectivity index (χ0n) is 13.2. The van der Waals surface area contributed by atoms with Crippen molar-refractivity contribution in [2.75, 3.05) is 26.2 Å². The molecule has 1 heterocycles.